The summed E-state index contributed by atoms with van der Waals surface area (Å²) in [5, 5.41) is 0. The van der Waals surface area contributed by atoms with E-state index in [0.717, 1.165) is 17.4 Å². The SMILES string of the molecule is NNC(c1ccc(F)cc1F)C1CCOc2ccccc21. The molecule has 0 spiro atoms. The molecular formula is C16H16F2N2O. The summed E-state index contributed by atoms with van der Waals surface area (Å²) in [6, 6.07) is 10.8. The summed E-state index contributed by atoms with van der Waals surface area (Å²) >= 11 is 0. The summed E-state index contributed by atoms with van der Waals surface area (Å²) in [5.41, 5.74) is 4.01. The van der Waals surface area contributed by atoms with Crippen LogP contribution in [0.5, 0.6) is 5.75 Å². The topological polar surface area (TPSA) is 47.3 Å². The van der Waals surface area contributed by atoms with Crippen molar-refractivity contribution in [2.75, 3.05) is 6.61 Å². The van der Waals surface area contributed by atoms with Gasteiger partial charge in [-0.2, -0.15) is 0 Å². The third-order valence-corrected chi connectivity index (χ3v) is 3.88. The summed E-state index contributed by atoms with van der Waals surface area (Å²) in [5.74, 6) is 5.22. The third-order valence-electron chi connectivity index (χ3n) is 3.88. The van der Waals surface area contributed by atoms with Crippen molar-refractivity contribution in [1.82, 2.24) is 5.43 Å². The number of para-hydroxylation sites is 1. The first kappa shape index (κ1) is 14.0. The van der Waals surface area contributed by atoms with Crippen LogP contribution in [0, 0.1) is 11.6 Å². The van der Waals surface area contributed by atoms with Crippen LogP contribution in [0.15, 0.2) is 42.5 Å². The number of benzene rings is 2. The molecule has 0 saturated heterocycles. The second-order valence-corrected chi connectivity index (χ2v) is 5.09. The maximum absolute atomic E-state index is 14.1. The Morgan fingerprint density at radius 2 is 2.00 bits per heavy atom. The third kappa shape index (κ3) is 2.62. The molecule has 0 bridgehead atoms. The van der Waals surface area contributed by atoms with Gasteiger partial charge >= 0.3 is 0 Å². The lowest BCUT2D eigenvalue weighted by Crippen LogP contribution is -2.35. The van der Waals surface area contributed by atoms with Crippen LogP contribution in [0.4, 0.5) is 8.78 Å². The van der Waals surface area contributed by atoms with E-state index in [1.54, 1.807) is 0 Å². The summed E-state index contributed by atoms with van der Waals surface area (Å²) in [6.45, 7) is 0.544. The molecule has 0 amide bonds. The Morgan fingerprint density at radius 1 is 1.19 bits per heavy atom. The van der Waals surface area contributed by atoms with E-state index in [4.69, 9.17) is 10.6 Å². The zero-order chi connectivity index (χ0) is 14.8. The Balaban J connectivity index is 2.01. The molecule has 110 valence electrons. The number of fused-ring (bicyclic) bond motifs is 1. The van der Waals surface area contributed by atoms with Gasteiger partial charge in [0.15, 0.2) is 0 Å². The van der Waals surface area contributed by atoms with E-state index < -0.39 is 17.7 Å². The molecule has 1 heterocycles. The average Bonchev–Trinajstić information content (AvgIpc) is 2.50. The van der Waals surface area contributed by atoms with Gasteiger partial charge in [-0.25, -0.2) is 8.78 Å². The van der Waals surface area contributed by atoms with Crippen molar-refractivity contribution in [3.63, 3.8) is 0 Å². The minimum Gasteiger partial charge on any atom is -0.493 e. The van der Waals surface area contributed by atoms with Gasteiger partial charge in [-0.05, 0) is 24.1 Å². The van der Waals surface area contributed by atoms with E-state index in [1.807, 2.05) is 24.3 Å². The molecule has 0 radical (unpaired) electrons. The standard InChI is InChI=1S/C16H16F2N2O/c17-10-5-6-13(14(18)9-10)16(20-19)12-7-8-21-15-4-2-1-3-11(12)15/h1-6,9,12,16,20H,7-8,19H2. The van der Waals surface area contributed by atoms with E-state index in [2.05, 4.69) is 5.43 Å². The van der Waals surface area contributed by atoms with Gasteiger partial charge in [-0.3, -0.25) is 11.3 Å². The lowest BCUT2D eigenvalue weighted by atomic mass is 9.83. The number of hydrogen-bond acceptors (Lipinski definition) is 3. The second-order valence-electron chi connectivity index (χ2n) is 5.09. The molecule has 21 heavy (non-hydrogen) atoms. The van der Waals surface area contributed by atoms with Crippen LogP contribution < -0.4 is 16.0 Å². The van der Waals surface area contributed by atoms with Crippen molar-refractivity contribution >= 4 is 0 Å². The van der Waals surface area contributed by atoms with Crippen LogP contribution in [-0.2, 0) is 0 Å². The van der Waals surface area contributed by atoms with E-state index in [0.29, 0.717) is 18.6 Å². The number of ether oxygens (including phenoxy) is 1. The molecule has 0 fully saturated rings. The first-order valence-electron chi connectivity index (χ1n) is 6.83. The van der Waals surface area contributed by atoms with Crippen LogP contribution in [0.3, 0.4) is 0 Å². The minimum atomic E-state index is -0.598. The number of nitrogens with one attached hydrogen (secondary N) is 1. The van der Waals surface area contributed by atoms with Gasteiger partial charge in [0.25, 0.3) is 0 Å². The van der Waals surface area contributed by atoms with Crippen molar-refractivity contribution < 1.29 is 13.5 Å². The molecule has 0 aliphatic carbocycles. The zero-order valence-corrected chi connectivity index (χ0v) is 11.4. The fourth-order valence-electron chi connectivity index (χ4n) is 2.89. The van der Waals surface area contributed by atoms with Gasteiger partial charge in [-0.1, -0.05) is 24.3 Å². The number of rotatable bonds is 3. The van der Waals surface area contributed by atoms with Crippen molar-refractivity contribution in [3.05, 3.63) is 65.2 Å². The first-order valence-corrected chi connectivity index (χ1v) is 6.83. The van der Waals surface area contributed by atoms with Gasteiger partial charge in [0, 0.05) is 17.5 Å². The van der Waals surface area contributed by atoms with Crippen molar-refractivity contribution in [2.45, 2.75) is 18.4 Å². The van der Waals surface area contributed by atoms with E-state index in [1.165, 1.54) is 12.1 Å². The van der Waals surface area contributed by atoms with Crippen LogP contribution in [0.1, 0.15) is 29.5 Å². The van der Waals surface area contributed by atoms with Crippen LogP contribution in [-0.4, -0.2) is 6.61 Å². The maximum Gasteiger partial charge on any atom is 0.130 e. The van der Waals surface area contributed by atoms with Gasteiger partial charge in [0.1, 0.15) is 17.4 Å². The monoisotopic (exact) mass is 290 g/mol. The van der Waals surface area contributed by atoms with Gasteiger partial charge < -0.3 is 4.74 Å². The molecular weight excluding hydrogens is 274 g/mol. The van der Waals surface area contributed by atoms with E-state index in [9.17, 15) is 8.78 Å². The lowest BCUT2D eigenvalue weighted by molar-refractivity contribution is 0.244. The molecule has 1 aliphatic rings. The molecule has 0 saturated carbocycles. The Bertz CT molecular complexity index is 648. The molecule has 0 aromatic heterocycles. The molecule has 2 aromatic carbocycles. The largest absolute Gasteiger partial charge is 0.493 e. The predicted molar refractivity (Wildman–Crippen MR) is 75.7 cm³/mol. The van der Waals surface area contributed by atoms with Crippen LogP contribution >= 0.6 is 0 Å². The maximum atomic E-state index is 14.1. The molecule has 5 heteroatoms. The summed E-state index contributed by atoms with van der Waals surface area (Å²) in [6.07, 6.45) is 0.711. The van der Waals surface area contributed by atoms with Gasteiger partial charge in [0.2, 0.25) is 0 Å². The molecule has 2 atom stereocenters. The first-order chi connectivity index (χ1) is 10.2. The molecule has 3 N–H and O–H groups in total. The fourth-order valence-corrected chi connectivity index (χ4v) is 2.89. The minimum absolute atomic E-state index is 0.0279. The normalized spacial score (nSPS) is 18.7. The second kappa shape index (κ2) is 5.79. The molecule has 2 unspecified atom stereocenters. The fraction of sp³-hybridized carbons (Fsp3) is 0.250. The van der Waals surface area contributed by atoms with Crippen LogP contribution in [0.2, 0.25) is 0 Å². The predicted octanol–water partition coefficient (Wildman–Crippen LogP) is 3.04. The summed E-state index contributed by atoms with van der Waals surface area (Å²) < 4.78 is 32.7. The molecule has 2 aromatic rings. The number of nitrogens with two attached hydrogens (primary N) is 1. The Kier molecular flexibility index (Phi) is 3.86. The molecule has 1 aliphatic heterocycles. The van der Waals surface area contributed by atoms with E-state index in [-0.39, 0.29) is 5.92 Å². The number of hydrazine groups is 1. The zero-order valence-electron chi connectivity index (χ0n) is 11.4. The number of halogens is 2. The van der Waals surface area contributed by atoms with Crippen molar-refractivity contribution in [3.8, 4) is 5.75 Å². The van der Waals surface area contributed by atoms with Gasteiger partial charge in [0.05, 0.1) is 12.6 Å². The van der Waals surface area contributed by atoms with Gasteiger partial charge in [-0.15, -0.1) is 0 Å². The Hall–Kier alpha value is -1.98. The van der Waals surface area contributed by atoms with E-state index >= 15 is 0 Å². The lowest BCUT2D eigenvalue weighted by Gasteiger charge is -2.32. The summed E-state index contributed by atoms with van der Waals surface area (Å²) in [4.78, 5) is 0. The highest BCUT2D eigenvalue weighted by molar-refractivity contribution is 5.40. The molecule has 3 rings (SSSR count). The summed E-state index contributed by atoms with van der Waals surface area (Å²) in [7, 11) is 0. The quantitative estimate of drug-likeness (QED) is 0.674. The highest BCUT2D eigenvalue weighted by Crippen LogP contribution is 2.41. The van der Waals surface area contributed by atoms with Crippen molar-refractivity contribution in [1.29, 1.82) is 0 Å². The highest BCUT2D eigenvalue weighted by Gasteiger charge is 2.30. The Labute approximate surface area is 121 Å². The highest BCUT2D eigenvalue weighted by atomic mass is 19.1. The van der Waals surface area contributed by atoms with Crippen LogP contribution in [0.25, 0.3) is 0 Å². The molecule has 3 nitrogen and oxygen atoms in total. The Morgan fingerprint density at radius 3 is 2.76 bits per heavy atom. The smallest absolute Gasteiger partial charge is 0.130 e. The van der Waals surface area contributed by atoms with Crippen molar-refractivity contribution in [2.24, 2.45) is 5.84 Å². The average molecular weight is 290 g/mol. The number of hydrogen-bond donors (Lipinski definition) is 2.